The molecule has 1 N–H and O–H groups in total. The highest BCUT2D eigenvalue weighted by Crippen LogP contribution is 2.29. The first kappa shape index (κ1) is 21.2. The smallest absolute Gasteiger partial charge is 0.375 e. The largest absolute Gasteiger partial charge is 0.497 e. The summed E-state index contributed by atoms with van der Waals surface area (Å²) in [6, 6.07) is 5.19. The fraction of sp³-hybridized carbons (Fsp3) is 0.318. The van der Waals surface area contributed by atoms with Gasteiger partial charge in [-0.3, -0.25) is 4.79 Å². The van der Waals surface area contributed by atoms with Crippen LogP contribution in [-0.2, 0) is 9.47 Å². The third-order valence-electron chi connectivity index (χ3n) is 5.06. The van der Waals surface area contributed by atoms with Crippen LogP contribution in [-0.4, -0.2) is 43.0 Å². The van der Waals surface area contributed by atoms with Gasteiger partial charge >= 0.3 is 11.9 Å². The number of aromatic amines is 1. The standard InChI is InChI=1S/C22H23NO7/c1-10-15-9-14(27-5)7-8-16(15)30-20(10)22(26)29-13(4)19(24)18-11(2)17(12(3)23-18)21(25)28-6/h7-9,13,23H,1-6H3/t13-/m0/s1. The molecule has 0 aliphatic rings. The van der Waals surface area contributed by atoms with Crippen LogP contribution in [0.3, 0.4) is 0 Å². The number of aryl methyl sites for hydroxylation is 2. The van der Waals surface area contributed by atoms with Gasteiger partial charge in [0.25, 0.3) is 0 Å². The van der Waals surface area contributed by atoms with E-state index in [0.717, 1.165) is 5.39 Å². The number of Topliss-reactive ketones (excluding diaryl/α,β-unsaturated/α-hetero) is 1. The highest BCUT2D eigenvalue weighted by molar-refractivity contribution is 6.05. The maximum absolute atomic E-state index is 12.8. The maximum atomic E-state index is 12.8. The average Bonchev–Trinajstić information content (AvgIpc) is 3.22. The van der Waals surface area contributed by atoms with Crippen molar-refractivity contribution in [2.24, 2.45) is 0 Å². The lowest BCUT2D eigenvalue weighted by molar-refractivity contribution is 0.0288. The third-order valence-corrected chi connectivity index (χ3v) is 5.06. The Balaban J connectivity index is 1.84. The molecule has 0 saturated carbocycles. The van der Waals surface area contributed by atoms with Gasteiger partial charge in [-0.25, -0.2) is 9.59 Å². The van der Waals surface area contributed by atoms with Crippen molar-refractivity contribution in [3.8, 4) is 5.75 Å². The van der Waals surface area contributed by atoms with Crippen LogP contribution in [0, 0.1) is 20.8 Å². The van der Waals surface area contributed by atoms with E-state index < -0.39 is 23.8 Å². The Bertz CT molecular complexity index is 1150. The number of carbonyl (C=O) groups is 3. The number of rotatable bonds is 6. The van der Waals surface area contributed by atoms with Crippen molar-refractivity contribution >= 4 is 28.7 Å². The van der Waals surface area contributed by atoms with Gasteiger partial charge in [0.15, 0.2) is 6.10 Å². The molecule has 8 heteroatoms. The summed E-state index contributed by atoms with van der Waals surface area (Å²) in [4.78, 5) is 40.3. The predicted octanol–water partition coefficient (Wildman–Crippen LogP) is 3.91. The molecule has 0 fully saturated rings. The monoisotopic (exact) mass is 413 g/mol. The van der Waals surface area contributed by atoms with Crippen LogP contribution in [0.15, 0.2) is 22.6 Å². The molecule has 1 aromatic carbocycles. The topological polar surface area (TPSA) is 108 Å². The molecule has 0 radical (unpaired) electrons. The number of furan rings is 1. The Kier molecular flexibility index (Phi) is 5.69. The van der Waals surface area contributed by atoms with Gasteiger partial charge in [-0.15, -0.1) is 0 Å². The van der Waals surface area contributed by atoms with E-state index in [0.29, 0.717) is 33.7 Å². The van der Waals surface area contributed by atoms with Crippen LogP contribution >= 0.6 is 0 Å². The molecule has 0 saturated heterocycles. The van der Waals surface area contributed by atoms with E-state index in [1.165, 1.54) is 14.0 Å². The molecular formula is C22H23NO7. The second-order valence-corrected chi connectivity index (χ2v) is 6.95. The molecule has 0 unspecified atom stereocenters. The number of carbonyl (C=O) groups excluding carboxylic acids is 3. The number of ketones is 1. The second-order valence-electron chi connectivity index (χ2n) is 6.95. The zero-order chi connectivity index (χ0) is 22.2. The predicted molar refractivity (Wildman–Crippen MR) is 108 cm³/mol. The van der Waals surface area contributed by atoms with Crippen LogP contribution < -0.4 is 4.74 Å². The fourth-order valence-electron chi connectivity index (χ4n) is 3.40. The molecule has 3 rings (SSSR count). The summed E-state index contributed by atoms with van der Waals surface area (Å²) in [6.45, 7) is 6.50. The molecule has 0 aliphatic heterocycles. The highest BCUT2D eigenvalue weighted by Gasteiger charge is 2.29. The number of nitrogens with one attached hydrogen (secondary N) is 1. The normalized spacial score (nSPS) is 11.9. The van der Waals surface area contributed by atoms with E-state index >= 15 is 0 Å². The zero-order valence-electron chi connectivity index (χ0n) is 17.7. The van der Waals surface area contributed by atoms with Crippen LogP contribution in [0.25, 0.3) is 11.0 Å². The fourth-order valence-corrected chi connectivity index (χ4v) is 3.40. The first-order valence-electron chi connectivity index (χ1n) is 9.29. The molecule has 2 heterocycles. The van der Waals surface area contributed by atoms with Gasteiger partial charge < -0.3 is 23.6 Å². The molecular weight excluding hydrogens is 390 g/mol. The highest BCUT2D eigenvalue weighted by atomic mass is 16.6. The van der Waals surface area contributed by atoms with Crippen molar-refractivity contribution in [2.45, 2.75) is 33.8 Å². The van der Waals surface area contributed by atoms with Crippen molar-refractivity contribution in [2.75, 3.05) is 14.2 Å². The average molecular weight is 413 g/mol. The summed E-state index contributed by atoms with van der Waals surface area (Å²) in [5.74, 6) is -1.10. The van der Waals surface area contributed by atoms with Crippen molar-refractivity contribution in [1.82, 2.24) is 4.98 Å². The van der Waals surface area contributed by atoms with E-state index in [2.05, 4.69) is 4.98 Å². The Labute approximate surface area is 173 Å². The second kappa shape index (κ2) is 8.06. The maximum Gasteiger partial charge on any atom is 0.375 e. The Morgan fingerprint density at radius 2 is 1.73 bits per heavy atom. The molecule has 1 atom stereocenters. The van der Waals surface area contributed by atoms with Crippen LogP contribution in [0.2, 0.25) is 0 Å². The lowest BCUT2D eigenvalue weighted by Gasteiger charge is -2.11. The molecule has 2 aromatic heterocycles. The summed E-state index contributed by atoms with van der Waals surface area (Å²) in [7, 11) is 2.82. The third kappa shape index (κ3) is 3.56. The molecule has 0 aliphatic carbocycles. The molecule has 0 bridgehead atoms. The number of hydrogen-bond acceptors (Lipinski definition) is 7. The van der Waals surface area contributed by atoms with Gasteiger partial charge in [0.05, 0.1) is 25.5 Å². The van der Waals surface area contributed by atoms with Crippen molar-refractivity contribution in [1.29, 1.82) is 0 Å². The minimum Gasteiger partial charge on any atom is -0.497 e. The number of benzene rings is 1. The number of hydrogen-bond donors (Lipinski definition) is 1. The van der Waals surface area contributed by atoms with Crippen molar-refractivity contribution in [3.05, 3.63) is 52.0 Å². The van der Waals surface area contributed by atoms with Crippen LogP contribution in [0.5, 0.6) is 5.75 Å². The van der Waals surface area contributed by atoms with Gasteiger partial charge in [-0.05, 0) is 51.5 Å². The number of H-pyrrole nitrogens is 1. The van der Waals surface area contributed by atoms with E-state index in [-0.39, 0.29) is 11.5 Å². The molecule has 3 aromatic rings. The number of ether oxygens (including phenoxy) is 3. The van der Waals surface area contributed by atoms with E-state index in [1.807, 2.05) is 0 Å². The lowest BCUT2D eigenvalue weighted by atomic mass is 10.1. The minimum atomic E-state index is -1.10. The summed E-state index contributed by atoms with van der Waals surface area (Å²) < 4.78 is 20.9. The first-order valence-corrected chi connectivity index (χ1v) is 9.29. The van der Waals surface area contributed by atoms with Gasteiger partial charge in [-0.1, -0.05) is 0 Å². The number of esters is 2. The van der Waals surface area contributed by atoms with Gasteiger partial charge in [0.1, 0.15) is 11.3 Å². The molecule has 0 spiro atoms. The summed E-state index contributed by atoms with van der Waals surface area (Å²) in [5.41, 5.74) is 2.54. The minimum absolute atomic E-state index is 0.0209. The van der Waals surface area contributed by atoms with Gasteiger partial charge in [-0.2, -0.15) is 0 Å². The zero-order valence-corrected chi connectivity index (χ0v) is 17.7. The molecule has 158 valence electrons. The number of fused-ring (bicyclic) bond motifs is 1. The Hall–Kier alpha value is -3.55. The molecule has 0 amide bonds. The Morgan fingerprint density at radius 1 is 1.03 bits per heavy atom. The van der Waals surface area contributed by atoms with E-state index in [1.54, 1.807) is 46.1 Å². The first-order chi connectivity index (χ1) is 14.2. The van der Waals surface area contributed by atoms with E-state index in [4.69, 9.17) is 18.6 Å². The Morgan fingerprint density at radius 3 is 2.37 bits per heavy atom. The van der Waals surface area contributed by atoms with Gasteiger partial charge in [0.2, 0.25) is 11.5 Å². The number of aromatic nitrogens is 1. The molecule has 30 heavy (non-hydrogen) atoms. The van der Waals surface area contributed by atoms with Gasteiger partial charge in [0, 0.05) is 16.6 Å². The number of methoxy groups -OCH3 is 2. The lowest BCUT2D eigenvalue weighted by Crippen LogP contribution is -2.25. The summed E-state index contributed by atoms with van der Waals surface area (Å²) in [6.07, 6.45) is -1.10. The van der Waals surface area contributed by atoms with Crippen LogP contribution in [0.1, 0.15) is 55.1 Å². The van der Waals surface area contributed by atoms with Crippen molar-refractivity contribution < 1.29 is 33.0 Å². The van der Waals surface area contributed by atoms with Crippen molar-refractivity contribution in [3.63, 3.8) is 0 Å². The summed E-state index contributed by atoms with van der Waals surface area (Å²) >= 11 is 0. The SMILES string of the molecule is COC(=O)c1c(C)[nH]c(C(=O)[C@H](C)OC(=O)c2oc3ccc(OC)cc3c2C)c1C. The summed E-state index contributed by atoms with van der Waals surface area (Å²) in [5, 5.41) is 0.721. The molecule has 8 nitrogen and oxygen atoms in total. The van der Waals surface area contributed by atoms with E-state index in [9.17, 15) is 14.4 Å². The van der Waals surface area contributed by atoms with Crippen LogP contribution in [0.4, 0.5) is 0 Å². The quantitative estimate of drug-likeness (QED) is 0.482.